The summed E-state index contributed by atoms with van der Waals surface area (Å²) in [5, 5.41) is 0. The third kappa shape index (κ3) is 2.60. The summed E-state index contributed by atoms with van der Waals surface area (Å²) >= 11 is 2.54. The molecule has 2 aromatic carbocycles. The number of benzene rings is 2. The van der Waals surface area contributed by atoms with Crippen LogP contribution in [0.3, 0.4) is 0 Å². The van der Waals surface area contributed by atoms with E-state index in [2.05, 4.69) is 28.1 Å². The van der Waals surface area contributed by atoms with Crippen LogP contribution in [-0.2, 0) is 6.42 Å². The second kappa shape index (κ2) is 5.11. The van der Waals surface area contributed by atoms with Gasteiger partial charge in [-0.1, -0.05) is 0 Å². The maximum atomic E-state index is 11.4. The molecule has 0 saturated carbocycles. The Morgan fingerprint density at radius 3 is 2.25 bits per heavy atom. The second-order valence-corrected chi connectivity index (χ2v) is 4.38. The van der Waals surface area contributed by atoms with Gasteiger partial charge in [-0.05, 0) is 0 Å². The van der Waals surface area contributed by atoms with Gasteiger partial charge in [0.05, 0.1) is 0 Å². The molecule has 0 bridgehead atoms. The van der Waals surface area contributed by atoms with Crippen LogP contribution in [0.15, 0.2) is 54.6 Å². The van der Waals surface area contributed by atoms with E-state index in [1.54, 1.807) is 0 Å². The van der Waals surface area contributed by atoms with Crippen molar-refractivity contribution in [1.82, 2.24) is 0 Å². The van der Waals surface area contributed by atoms with Gasteiger partial charge in [-0.25, -0.2) is 0 Å². The van der Waals surface area contributed by atoms with Gasteiger partial charge in [0.1, 0.15) is 0 Å². The molecule has 0 aliphatic rings. The van der Waals surface area contributed by atoms with Gasteiger partial charge < -0.3 is 0 Å². The van der Waals surface area contributed by atoms with E-state index in [1.807, 2.05) is 42.5 Å². The van der Waals surface area contributed by atoms with Crippen LogP contribution in [-0.4, -0.2) is 20.7 Å². The Morgan fingerprint density at radius 2 is 1.56 bits per heavy atom. The second-order valence-electron chi connectivity index (χ2n) is 3.61. The Labute approximate surface area is 103 Å². The molecule has 0 heterocycles. The zero-order valence-electron chi connectivity index (χ0n) is 8.72. The average Bonchev–Trinajstić information content (AvgIpc) is 2.31. The van der Waals surface area contributed by atoms with E-state index in [0.29, 0.717) is 0 Å². The SMILES string of the molecule is O=C([Se])c1ccccc1Cc1ccccc1. The van der Waals surface area contributed by atoms with Crippen molar-refractivity contribution in [3.05, 3.63) is 71.3 Å². The molecule has 0 unspecified atom stereocenters. The number of hydrogen-bond donors (Lipinski definition) is 0. The van der Waals surface area contributed by atoms with Crippen molar-refractivity contribution < 1.29 is 4.79 Å². The predicted molar refractivity (Wildman–Crippen MR) is 65.8 cm³/mol. The molecule has 0 saturated heterocycles. The van der Waals surface area contributed by atoms with Gasteiger partial charge in [0.2, 0.25) is 0 Å². The van der Waals surface area contributed by atoms with E-state index >= 15 is 0 Å². The summed E-state index contributed by atoms with van der Waals surface area (Å²) < 4.78 is 0.00605. The van der Waals surface area contributed by atoms with Crippen molar-refractivity contribution >= 4 is 20.7 Å². The number of hydrogen-bond acceptors (Lipinski definition) is 1. The number of rotatable bonds is 3. The molecule has 2 rings (SSSR count). The normalized spacial score (nSPS) is 10.0. The van der Waals surface area contributed by atoms with Crippen LogP contribution in [0.25, 0.3) is 0 Å². The molecule has 0 amide bonds. The minimum absolute atomic E-state index is 0.00605. The van der Waals surface area contributed by atoms with Crippen molar-refractivity contribution in [1.29, 1.82) is 0 Å². The van der Waals surface area contributed by atoms with E-state index in [0.717, 1.165) is 17.5 Å². The van der Waals surface area contributed by atoms with E-state index in [9.17, 15) is 4.79 Å². The molecule has 2 heteroatoms. The standard InChI is InChI=1S/C14H11OSe/c15-14(16)13-9-5-4-8-12(13)10-11-6-2-1-3-7-11/h1-9H,10H2. The Balaban J connectivity index is 2.31. The minimum atomic E-state index is 0.00605. The van der Waals surface area contributed by atoms with Crippen molar-refractivity contribution in [3.63, 3.8) is 0 Å². The van der Waals surface area contributed by atoms with E-state index in [4.69, 9.17) is 0 Å². The molecule has 79 valence electrons. The van der Waals surface area contributed by atoms with Gasteiger partial charge in [0.25, 0.3) is 0 Å². The fraction of sp³-hybridized carbons (Fsp3) is 0.0714. The first-order valence-corrected chi connectivity index (χ1v) is 5.96. The molecule has 0 aliphatic heterocycles. The summed E-state index contributed by atoms with van der Waals surface area (Å²) in [6, 6.07) is 17.9. The molecule has 2 aromatic rings. The Hall–Kier alpha value is -1.37. The van der Waals surface area contributed by atoms with Gasteiger partial charge in [0.15, 0.2) is 0 Å². The number of carbonyl (C=O) groups is 1. The van der Waals surface area contributed by atoms with Crippen LogP contribution in [0.2, 0.25) is 0 Å². The van der Waals surface area contributed by atoms with Crippen molar-refractivity contribution in [2.24, 2.45) is 0 Å². The zero-order valence-corrected chi connectivity index (χ0v) is 10.4. The molecule has 0 atom stereocenters. The third-order valence-corrected chi connectivity index (χ3v) is 2.94. The van der Waals surface area contributed by atoms with Crippen LogP contribution < -0.4 is 0 Å². The average molecular weight is 274 g/mol. The maximum absolute atomic E-state index is 11.4. The summed E-state index contributed by atoms with van der Waals surface area (Å²) in [6.07, 6.45) is 0.796. The van der Waals surface area contributed by atoms with Gasteiger partial charge >= 0.3 is 103 Å². The van der Waals surface area contributed by atoms with E-state index < -0.39 is 0 Å². The topological polar surface area (TPSA) is 17.1 Å². The summed E-state index contributed by atoms with van der Waals surface area (Å²) in [5.74, 6) is 0. The molecule has 16 heavy (non-hydrogen) atoms. The van der Waals surface area contributed by atoms with Crippen LogP contribution in [0.4, 0.5) is 0 Å². The summed E-state index contributed by atoms with van der Waals surface area (Å²) in [5.41, 5.74) is 3.06. The molecule has 1 radical (unpaired) electrons. The Kier molecular flexibility index (Phi) is 3.55. The molecule has 0 N–H and O–H groups in total. The first kappa shape index (κ1) is 11.1. The van der Waals surface area contributed by atoms with Crippen molar-refractivity contribution in [3.8, 4) is 0 Å². The predicted octanol–water partition coefficient (Wildman–Crippen LogP) is 2.59. The third-order valence-electron chi connectivity index (χ3n) is 2.47. The zero-order chi connectivity index (χ0) is 11.4. The van der Waals surface area contributed by atoms with Gasteiger partial charge in [0, 0.05) is 0 Å². The monoisotopic (exact) mass is 275 g/mol. The van der Waals surface area contributed by atoms with Crippen LogP contribution >= 0.6 is 0 Å². The molecular formula is C14H11OSe. The van der Waals surface area contributed by atoms with Crippen LogP contribution in [0.1, 0.15) is 21.5 Å². The molecule has 0 fully saturated rings. The van der Waals surface area contributed by atoms with E-state index in [-0.39, 0.29) is 4.68 Å². The molecular weight excluding hydrogens is 263 g/mol. The van der Waals surface area contributed by atoms with Crippen LogP contribution in [0.5, 0.6) is 0 Å². The Bertz CT molecular complexity index is 491. The van der Waals surface area contributed by atoms with Crippen LogP contribution in [0, 0.1) is 0 Å². The van der Waals surface area contributed by atoms with Crippen molar-refractivity contribution in [2.45, 2.75) is 6.42 Å². The summed E-state index contributed by atoms with van der Waals surface area (Å²) in [4.78, 5) is 11.4. The van der Waals surface area contributed by atoms with Gasteiger partial charge in [-0.3, -0.25) is 0 Å². The number of carbonyl (C=O) groups excluding carboxylic acids is 1. The quantitative estimate of drug-likeness (QED) is 0.786. The van der Waals surface area contributed by atoms with E-state index in [1.165, 1.54) is 5.56 Å². The fourth-order valence-electron chi connectivity index (χ4n) is 1.69. The van der Waals surface area contributed by atoms with Gasteiger partial charge in [-0.15, -0.1) is 0 Å². The molecule has 0 aromatic heterocycles. The first-order valence-electron chi connectivity index (χ1n) is 5.10. The van der Waals surface area contributed by atoms with Gasteiger partial charge in [-0.2, -0.15) is 0 Å². The summed E-state index contributed by atoms with van der Waals surface area (Å²) in [6.45, 7) is 0. The Morgan fingerprint density at radius 1 is 0.938 bits per heavy atom. The molecule has 1 nitrogen and oxygen atoms in total. The molecule has 0 spiro atoms. The fourth-order valence-corrected chi connectivity index (χ4v) is 2.11. The summed E-state index contributed by atoms with van der Waals surface area (Å²) in [7, 11) is 0. The molecule has 0 aliphatic carbocycles. The first-order chi connectivity index (χ1) is 7.77. The van der Waals surface area contributed by atoms with Crippen molar-refractivity contribution in [2.75, 3.05) is 0 Å².